The molecule has 1 heterocycles. The zero-order valence-corrected chi connectivity index (χ0v) is 7.18. The Kier molecular flexibility index (Phi) is 1.71. The maximum Gasteiger partial charge on any atom is 0.183 e. The van der Waals surface area contributed by atoms with Crippen molar-refractivity contribution in [2.75, 3.05) is 0 Å². The third-order valence-electron chi connectivity index (χ3n) is 2.26. The second kappa shape index (κ2) is 2.73. The molecule has 0 amide bonds. The summed E-state index contributed by atoms with van der Waals surface area (Å²) in [5.74, 6) is 1.14. The first-order chi connectivity index (χ1) is 5.81. The van der Waals surface area contributed by atoms with Gasteiger partial charge in [0.2, 0.25) is 0 Å². The zero-order valence-electron chi connectivity index (χ0n) is 7.18. The predicted octanol–water partition coefficient (Wildman–Crippen LogP) is 1.49. The molecule has 3 nitrogen and oxygen atoms in total. The molecule has 0 bridgehead atoms. The van der Waals surface area contributed by atoms with Crippen molar-refractivity contribution in [3.63, 3.8) is 0 Å². The van der Waals surface area contributed by atoms with Gasteiger partial charge in [-0.1, -0.05) is 6.92 Å². The van der Waals surface area contributed by atoms with E-state index in [-0.39, 0.29) is 5.78 Å². The summed E-state index contributed by atoms with van der Waals surface area (Å²) in [6.45, 7) is 2.04. The van der Waals surface area contributed by atoms with Crippen LogP contribution in [0.2, 0.25) is 0 Å². The second-order valence-electron chi connectivity index (χ2n) is 3.14. The van der Waals surface area contributed by atoms with Crippen molar-refractivity contribution >= 4 is 5.78 Å². The van der Waals surface area contributed by atoms with E-state index in [0.29, 0.717) is 12.1 Å². The molecular weight excluding hydrogens is 152 g/mol. The Morgan fingerprint density at radius 2 is 2.33 bits per heavy atom. The molecule has 0 atom stereocenters. The Bertz CT molecular complexity index is 314. The number of H-pyrrole nitrogens is 1. The lowest BCUT2D eigenvalue weighted by Crippen LogP contribution is -2.09. The lowest BCUT2D eigenvalue weighted by Gasteiger charge is -2.06. The summed E-state index contributed by atoms with van der Waals surface area (Å²) in [6, 6.07) is 0. The Morgan fingerprint density at radius 1 is 1.50 bits per heavy atom. The van der Waals surface area contributed by atoms with E-state index in [9.17, 15) is 4.79 Å². The highest BCUT2D eigenvalue weighted by molar-refractivity contribution is 5.96. The van der Waals surface area contributed by atoms with Gasteiger partial charge in [0, 0.05) is 18.5 Å². The number of nitrogens with zero attached hydrogens (tertiary/aromatic N) is 1. The van der Waals surface area contributed by atoms with Crippen LogP contribution in [0.4, 0.5) is 0 Å². The molecule has 3 heteroatoms. The molecule has 0 unspecified atom stereocenters. The highest BCUT2D eigenvalue weighted by Gasteiger charge is 2.20. The van der Waals surface area contributed by atoms with Crippen LogP contribution in [0, 0.1) is 0 Å². The van der Waals surface area contributed by atoms with Gasteiger partial charge < -0.3 is 4.98 Å². The molecule has 0 saturated heterocycles. The van der Waals surface area contributed by atoms with Gasteiger partial charge in [0.05, 0.1) is 0 Å². The molecule has 0 saturated carbocycles. The van der Waals surface area contributed by atoms with Crippen molar-refractivity contribution in [1.82, 2.24) is 9.97 Å². The number of aromatic amines is 1. The number of imidazole rings is 1. The smallest absolute Gasteiger partial charge is 0.183 e. The van der Waals surface area contributed by atoms with Crippen LogP contribution in [0.1, 0.15) is 41.8 Å². The minimum absolute atomic E-state index is 0.201. The van der Waals surface area contributed by atoms with Crippen LogP contribution in [0.3, 0.4) is 0 Å². The van der Waals surface area contributed by atoms with Crippen molar-refractivity contribution in [2.24, 2.45) is 0 Å². The highest BCUT2D eigenvalue weighted by atomic mass is 16.1. The topological polar surface area (TPSA) is 45.8 Å². The van der Waals surface area contributed by atoms with Crippen molar-refractivity contribution in [3.8, 4) is 0 Å². The molecule has 1 N–H and O–H groups in total. The van der Waals surface area contributed by atoms with E-state index in [1.807, 2.05) is 6.92 Å². The summed E-state index contributed by atoms with van der Waals surface area (Å²) in [4.78, 5) is 18.8. The minimum Gasteiger partial charge on any atom is -0.345 e. The molecule has 0 spiro atoms. The van der Waals surface area contributed by atoms with Gasteiger partial charge in [0.25, 0.3) is 0 Å². The molecule has 64 valence electrons. The number of carbonyl (C=O) groups is 1. The Labute approximate surface area is 71.2 Å². The van der Waals surface area contributed by atoms with Crippen molar-refractivity contribution in [3.05, 3.63) is 17.2 Å². The molecule has 2 rings (SSSR count). The number of ketones is 1. The molecular formula is C9H12N2O. The van der Waals surface area contributed by atoms with Crippen LogP contribution in [0.25, 0.3) is 0 Å². The monoisotopic (exact) mass is 164 g/mol. The number of carbonyl (C=O) groups excluding carboxylic acids is 1. The minimum atomic E-state index is 0.201. The maximum atomic E-state index is 11.3. The third kappa shape index (κ3) is 1.05. The standard InChI is InChI=1S/C9H12N2O/c1-2-8-10-6-4-3-5-7(12)9(6)11-8/h2-5H2,1H3,(H,10,11). The van der Waals surface area contributed by atoms with Crippen LogP contribution in [0.5, 0.6) is 0 Å². The Morgan fingerprint density at radius 3 is 3.00 bits per heavy atom. The molecule has 0 aromatic carbocycles. The molecule has 12 heavy (non-hydrogen) atoms. The number of fused-ring (bicyclic) bond motifs is 1. The van der Waals surface area contributed by atoms with Gasteiger partial charge in [-0.15, -0.1) is 0 Å². The zero-order chi connectivity index (χ0) is 8.55. The van der Waals surface area contributed by atoms with E-state index in [1.54, 1.807) is 0 Å². The fraction of sp³-hybridized carbons (Fsp3) is 0.556. The van der Waals surface area contributed by atoms with Gasteiger partial charge in [-0.25, -0.2) is 4.98 Å². The average molecular weight is 164 g/mol. The van der Waals surface area contributed by atoms with Crippen LogP contribution < -0.4 is 0 Å². The molecule has 1 aromatic rings. The summed E-state index contributed by atoms with van der Waals surface area (Å²) < 4.78 is 0. The number of rotatable bonds is 1. The molecule has 1 aliphatic carbocycles. The normalized spacial score (nSPS) is 16.2. The average Bonchev–Trinajstić information content (AvgIpc) is 2.49. The first-order valence-corrected chi connectivity index (χ1v) is 4.42. The van der Waals surface area contributed by atoms with Crippen molar-refractivity contribution in [2.45, 2.75) is 32.6 Å². The Balaban J connectivity index is 2.43. The number of Topliss-reactive ketones (excluding diaryl/α,β-unsaturated/α-hetero) is 1. The van der Waals surface area contributed by atoms with Gasteiger partial charge in [-0.2, -0.15) is 0 Å². The first kappa shape index (κ1) is 7.53. The van der Waals surface area contributed by atoms with Crippen LogP contribution in [-0.2, 0) is 12.8 Å². The van der Waals surface area contributed by atoms with Crippen molar-refractivity contribution in [1.29, 1.82) is 0 Å². The maximum absolute atomic E-state index is 11.3. The number of hydrogen-bond donors (Lipinski definition) is 1. The lowest BCUT2D eigenvalue weighted by molar-refractivity contribution is 0.0967. The lowest BCUT2D eigenvalue weighted by atomic mass is 10.0. The van der Waals surface area contributed by atoms with Crippen LogP contribution in [-0.4, -0.2) is 15.8 Å². The SMILES string of the molecule is CCc1nc2c([nH]1)CCCC2=O. The van der Waals surface area contributed by atoms with E-state index >= 15 is 0 Å². The number of aromatic nitrogens is 2. The van der Waals surface area contributed by atoms with Gasteiger partial charge >= 0.3 is 0 Å². The molecule has 1 aromatic heterocycles. The fourth-order valence-corrected chi connectivity index (χ4v) is 1.59. The highest BCUT2D eigenvalue weighted by Crippen LogP contribution is 2.18. The van der Waals surface area contributed by atoms with Crippen molar-refractivity contribution < 1.29 is 4.79 Å². The van der Waals surface area contributed by atoms with E-state index in [2.05, 4.69) is 9.97 Å². The molecule has 0 aliphatic heterocycles. The van der Waals surface area contributed by atoms with E-state index in [4.69, 9.17) is 0 Å². The largest absolute Gasteiger partial charge is 0.345 e. The first-order valence-electron chi connectivity index (χ1n) is 4.42. The summed E-state index contributed by atoms with van der Waals surface area (Å²) in [5, 5.41) is 0. The molecule has 0 fully saturated rings. The van der Waals surface area contributed by atoms with Gasteiger partial charge in [-0.3, -0.25) is 4.79 Å². The van der Waals surface area contributed by atoms with Crippen LogP contribution >= 0.6 is 0 Å². The van der Waals surface area contributed by atoms with Gasteiger partial charge in [0.15, 0.2) is 5.78 Å². The predicted molar refractivity (Wildman–Crippen MR) is 45.2 cm³/mol. The van der Waals surface area contributed by atoms with E-state index in [1.165, 1.54) is 0 Å². The van der Waals surface area contributed by atoms with E-state index in [0.717, 1.165) is 30.8 Å². The number of nitrogens with one attached hydrogen (secondary N) is 1. The summed E-state index contributed by atoms with van der Waals surface area (Å²) >= 11 is 0. The molecule has 1 aliphatic rings. The van der Waals surface area contributed by atoms with Gasteiger partial charge in [-0.05, 0) is 12.8 Å². The van der Waals surface area contributed by atoms with Crippen LogP contribution in [0.15, 0.2) is 0 Å². The van der Waals surface area contributed by atoms with Gasteiger partial charge in [0.1, 0.15) is 11.5 Å². The fourth-order valence-electron chi connectivity index (χ4n) is 1.59. The Hall–Kier alpha value is -1.12. The summed E-state index contributed by atoms with van der Waals surface area (Å²) in [5.41, 5.74) is 1.74. The third-order valence-corrected chi connectivity index (χ3v) is 2.26. The number of hydrogen-bond acceptors (Lipinski definition) is 2. The molecule has 0 radical (unpaired) electrons. The summed E-state index contributed by atoms with van der Waals surface area (Å²) in [7, 11) is 0. The summed E-state index contributed by atoms with van der Waals surface area (Å²) in [6.07, 6.45) is 3.49. The second-order valence-corrected chi connectivity index (χ2v) is 3.14. The quantitative estimate of drug-likeness (QED) is 0.683. The van der Waals surface area contributed by atoms with E-state index < -0.39 is 0 Å². The number of aryl methyl sites for hydroxylation is 2.